The van der Waals surface area contributed by atoms with Crippen LogP contribution < -0.4 is 20.7 Å². The van der Waals surface area contributed by atoms with Gasteiger partial charge in [-0.2, -0.15) is 0 Å². The van der Waals surface area contributed by atoms with Crippen LogP contribution in [0.1, 0.15) is 31.2 Å². The molecule has 0 bridgehead atoms. The molecule has 32 heavy (non-hydrogen) atoms. The molecule has 2 fully saturated rings. The molecule has 1 aromatic carbocycles. The van der Waals surface area contributed by atoms with Crippen molar-refractivity contribution in [2.75, 3.05) is 12.4 Å². The molecule has 2 saturated carbocycles. The highest BCUT2D eigenvalue weighted by molar-refractivity contribution is 5.93. The maximum absolute atomic E-state index is 12.6. The minimum absolute atomic E-state index is 0.0245. The van der Waals surface area contributed by atoms with Gasteiger partial charge in [-0.15, -0.1) is 10.2 Å². The van der Waals surface area contributed by atoms with E-state index in [2.05, 4.69) is 26.1 Å². The van der Waals surface area contributed by atoms with Gasteiger partial charge in [-0.05, 0) is 60.9 Å². The summed E-state index contributed by atoms with van der Waals surface area (Å²) in [4.78, 5) is 24.8. The molecule has 2 aliphatic carbocycles. The predicted octanol–water partition coefficient (Wildman–Crippen LogP) is 2.73. The van der Waals surface area contributed by atoms with Gasteiger partial charge in [0, 0.05) is 24.7 Å². The van der Waals surface area contributed by atoms with E-state index in [0.29, 0.717) is 6.54 Å². The lowest BCUT2D eigenvalue weighted by Crippen LogP contribution is -2.59. The summed E-state index contributed by atoms with van der Waals surface area (Å²) in [6.45, 7) is 0.469. The first kappa shape index (κ1) is 20.3. The molecule has 0 saturated heterocycles. The van der Waals surface area contributed by atoms with Crippen molar-refractivity contribution in [3.63, 3.8) is 0 Å². The molecule has 2 heterocycles. The van der Waals surface area contributed by atoms with E-state index in [0.717, 1.165) is 48.3 Å². The van der Waals surface area contributed by atoms with Gasteiger partial charge in [0.05, 0.1) is 12.8 Å². The van der Waals surface area contributed by atoms with E-state index < -0.39 is 0 Å². The van der Waals surface area contributed by atoms with E-state index in [1.54, 1.807) is 17.8 Å². The van der Waals surface area contributed by atoms with Gasteiger partial charge in [0.25, 0.3) is 0 Å². The van der Waals surface area contributed by atoms with Crippen LogP contribution in [0.15, 0.2) is 48.9 Å². The summed E-state index contributed by atoms with van der Waals surface area (Å²) in [6.07, 6.45) is 7.03. The number of amides is 3. The number of hydrogen-bond acceptors (Lipinski definition) is 5. The Labute approximate surface area is 185 Å². The second kappa shape index (κ2) is 8.14. The standard InChI is InChI=1S/C23H26N6O3/c1-32-19-5-2-15(3-6-19)12-24-22(31)27-18-10-23(11-18)8-16(9-23)21(30)26-17-4-7-20-28-25-14-29(20)13-17/h2-7,13-14,16,18H,8-12H2,1H3,(H,26,30)(H2,24,27,31). The third kappa shape index (κ3) is 4.10. The summed E-state index contributed by atoms with van der Waals surface area (Å²) in [5, 5.41) is 16.7. The highest BCUT2D eigenvalue weighted by atomic mass is 16.5. The lowest BCUT2D eigenvalue weighted by molar-refractivity contribution is -0.133. The van der Waals surface area contributed by atoms with E-state index in [1.807, 2.05) is 42.6 Å². The Kier molecular flexibility index (Phi) is 5.16. The fourth-order valence-corrected chi connectivity index (χ4v) is 4.90. The number of aromatic nitrogens is 3. The Balaban J connectivity index is 1.02. The number of urea groups is 1. The van der Waals surface area contributed by atoms with E-state index in [4.69, 9.17) is 4.74 Å². The maximum atomic E-state index is 12.6. The van der Waals surface area contributed by atoms with Gasteiger partial charge >= 0.3 is 6.03 Å². The summed E-state index contributed by atoms with van der Waals surface area (Å²) >= 11 is 0. The molecular formula is C23H26N6O3. The predicted molar refractivity (Wildman–Crippen MR) is 118 cm³/mol. The Morgan fingerprint density at radius 3 is 2.66 bits per heavy atom. The molecule has 0 aliphatic heterocycles. The average molecular weight is 435 g/mol. The van der Waals surface area contributed by atoms with Gasteiger partial charge in [0.15, 0.2) is 5.65 Å². The summed E-state index contributed by atoms with van der Waals surface area (Å²) in [6, 6.07) is 11.3. The summed E-state index contributed by atoms with van der Waals surface area (Å²) in [7, 11) is 1.63. The number of methoxy groups -OCH3 is 1. The van der Waals surface area contributed by atoms with E-state index in [9.17, 15) is 9.59 Å². The summed E-state index contributed by atoms with van der Waals surface area (Å²) < 4.78 is 6.92. The number of carbonyl (C=O) groups is 2. The van der Waals surface area contributed by atoms with Crippen LogP contribution in [-0.2, 0) is 11.3 Å². The quantitative estimate of drug-likeness (QED) is 0.553. The van der Waals surface area contributed by atoms with Crippen LogP contribution in [0.5, 0.6) is 5.75 Å². The fourth-order valence-electron chi connectivity index (χ4n) is 4.90. The van der Waals surface area contributed by atoms with Gasteiger partial charge < -0.3 is 20.7 Å². The molecule has 166 valence electrons. The number of nitrogens with one attached hydrogen (secondary N) is 3. The van der Waals surface area contributed by atoms with Gasteiger partial charge in [-0.3, -0.25) is 9.20 Å². The smallest absolute Gasteiger partial charge is 0.315 e. The number of anilines is 1. The zero-order chi connectivity index (χ0) is 22.1. The van der Waals surface area contributed by atoms with Crippen LogP contribution in [-0.4, -0.2) is 39.7 Å². The Morgan fingerprint density at radius 1 is 1.12 bits per heavy atom. The largest absolute Gasteiger partial charge is 0.497 e. The van der Waals surface area contributed by atoms with Crippen molar-refractivity contribution in [2.45, 2.75) is 38.3 Å². The first-order valence-electron chi connectivity index (χ1n) is 10.8. The van der Waals surface area contributed by atoms with Gasteiger partial charge in [-0.25, -0.2) is 4.79 Å². The van der Waals surface area contributed by atoms with E-state index in [1.165, 1.54) is 0 Å². The molecule has 3 amide bonds. The molecule has 2 aliphatic rings. The molecule has 0 radical (unpaired) electrons. The lowest BCUT2D eigenvalue weighted by atomic mass is 9.50. The molecular weight excluding hydrogens is 408 g/mol. The summed E-state index contributed by atoms with van der Waals surface area (Å²) in [5.41, 5.74) is 2.70. The van der Waals surface area contributed by atoms with Gasteiger partial charge in [0.2, 0.25) is 5.91 Å². The minimum atomic E-state index is -0.154. The van der Waals surface area contributed by atoms with Crippen molar-refractivity contribution in [3.8, 4) is 5.75 Å². The van der Waals surface area contributed by atoms with Crippen LogP contribution in [0.4, 0.5) is 10.5 Å². The monoisotopic (exact) mass is 434 g/mol. The molecule has 1 spiro atoms. The van der Waals surface area contributed by atoms with Crippen LogP contribution >= 0.6 is 0 Å². The molecule has 3 N–H and O–H groups in total. The number of ether oxygens (including phenoxy) is 1. The van der Waals surface area contributed by atoms with Crippen molar-refractivity contribution < 1.29 is 14.3 Å². The number of fused-ring (bicyclic) bond motifs is 1. The number of pyridine rings is 1. The zero-order valence-electron chi connectivity index (χ0n) is 17.9. The number of rotatable bonds is 6. The molecule has 0 atom stereocenters. The Morgan fingerprint density at radius 2 is 1.91 bits per heavy atom. The van der Waals surface area contributed by atoms with Crippen molar-refractivity contribution in [2.24, 2.45) is 11.3 Å². The SMILES string of the molecule is COc1ccc(CNC(=O)NC2CC3(C2)CC(C(=O)Nc2ccc4nncn4c2)C3)cc1. The minimum Gasteiger partial charge on any atom is -0.497 e. The van der Waals surface area contributed by atoms with Gasteiger partial charge in [-0.1, -0.05) is 12.1 Å². The summed E-state index contributed by atoms with van der Waals surface area (Å²) in [5.74, 6) is 0.871. The first-order chi connectivity index (χ1) is 15.5. The second-order valence-electron chi connectivity index (χ2n) is 8.89. The van der Waals surface area contributed by atoms with Crippen LogP contribution in [0.25, 0.3) is 5.65 Å². The maximum Gasteiger partial charge on any atom is 0.315 e. The highest BCUT2D eigenvalue weighted by Gasteiger charge is 2.55. The molecule has 0 unspecified atom stereocenters. The Bertz CT molecular complexity index is 1130. The molecule has 9 heteroatoms. The van der Waals surface area contributed by atoms with Gasteiger partial charge in [0.1, 0.15) is 12.1 Å². The van der Waals surface area contributed by atoms with E-state index >= 15 is 0 Å². The lowest BCUT2D eigenvalue weighted by Gasteiger charge is -2.57. The van der Waals surface area contributed by atoms with Crippen molar-refractivity contribution >= 4 is 23.3 Å². The average Bonchev–Trinajstić information content (AvgIpc) is 3.21. The normalized spacial score (nSPS) is 23.8. The topological polar surface area (TPSA) is 110 Å². The first-order valence-corrected chi connectivity index (χ1v) is 10.8. The highest BCUT2D eigenvalue weighted by Crippen LogP contribution is 2.58. The van der Waals surface area contributed by atoms with Crippen molar-refractivity contribution in [3.05, 3.63) is 54.5 Å². The number of hydrogen-bond donors (Lipinski definition) is 3. The molecule has 5 rings (SSSR count). The third-order valence-electron chi connectivity index (χ3n) is 6.59. The fraction of sp³-hybridized carbons (Fsp3) is 0.391. The van der Waals surface area contributed by atoms with Crippen LogP contribution in [0, 0.1) is 11.3 Å². The molecule has 2 aromatic heterocycles. The molecule has 9 nitrogen and oxygen atoms in total. The van der Waals surface area contributed by atoms with E-state index in [-0.39, 0.29) is 29.3 Å². The number of nitrogens with zero attached hydrogens (tertiary/aromatic N) is 3. The number of carbonyl (C=O) groups excluding carboxylic acids is 2. The van der Waals surface area contributed by atoms with Crippen molar-refractivity contribution in [1.82, 2.24) is 25.2 Å². The zero-order valence-corrected chi connectivity index (χ0v) is 17.9. The third-order valence-corrected chi connectivity index (χ3v) is 6.59. The van der Waals surface area contributed by atoms with Crippen molar-refractivity contribution in [1.29, 1.82) is 0 Å². The molecule has 3 aromatic rings. The van der Waals surface area contributed by atoms with Crippen LogP contribution in [0.2, 0.25) is 0 Å². The Hall–Kier alpha value is -3.62. The second-order valence-corrected chi connectivity index (χ2v) is 8.89. The van der Waals surface area contributed by atoms with Crippen LogP contribution in [0.3, 0.4) is 0 Å². The number of benzene rings is 1.